The zero-order valence-corrected chi connectivity index (χ0v) is 39.6. The van der Waals surface area contributed by atoms with Crippen LogP contribution in [0.1, 0.15) is 71.9 Å². The number of β-amino-alcohol motifs (C(OH)–C–C–N with tert-alkyl or cyclic N) is 2. The van der Waals surface area contributed by atoms with Crippen LogP contribution >= 0.6 is 0 Å². The summed E-state index contributed by atoms with van der Waals surface area (Å²) in [4.78, 5) is 50.6. The quantitative estimate of drug-likeness (QED) is 0.0493. The maximum absolute atomic E-state index is 12.4. The Balaban J connectivity index is 1.47. The van der Waals surface area contributed by atoms with E-state index in [1.54, 1.807) is 0 Å². The number of hydrogen-bond acceptors (Lipinski definition) is 14. The van der Waals surface area contributed by atoms with Gasteiger partial charge in [-0.1, -0.05) is 41.5 Å². The Hall–Kier alpha value is -4.35. The predicted molar refractivity (Wildman–Crippen MR) is 231 cm³/mol. The van der Waals surface area contributed by atoms with Gasteiger partial charge in [0.25, 0.3) is 11.4 Å². The molecule has 340 valence electrons. The molecule has 18 nitrogen and oxygen atoms in total. The van der Waals surface area contributed by atoms with Gasteiger partial charge in [-0.3, -0.25) is 29.8 Å². The lowest BCUT2D eigenvalue weighted by atomic mass is 9.89. The van der Waals surface area contributed by atoms with Crippen LogP contribution in [0.5, 0.6) is 23.0 Å². The van der Waals surface area contributed by atoms with Crippen LogP contribution in [0.15, 0.2) is 24.3 Å². The Morgan fingerprint density at radius 1 is 0.689 bits per heavy atom. The van der Waals surface area contributed by atoms with E-state index in [-0.39, 0.29) is 103 Å². The van der Waals surface area contributed by atoms with Gasteiger partial charge in [-0.25, -0.2) is 0 Å². The summed E-state index contributed by atoms with van der Waals surface area (Å²) < 4.78 is 35.5. The van der Waals surface area contributed by atoms with Crippen LogP contribution in [0.4, 0.5) is 11.4 Å². The van der Waals surface area contributed by atoms with Crippen molar-refractivity contribution in [2.75, 3.05) is 53.7 Å². The van der Waals surface area contributed by atoms with Gasteiger partial charge in [0.05, 0.1) is 98.9 Å². The number of aliphatic hydroxyl groups is 2. The standard InChI is InChI=1S/C41H64N4O14Si2/c1-38(2,3)60(9,10)58-22-28-20-40(48,24-42(28)26-46)30-16-34(54-7)36(18-32(30)44(50)51)56-14-13-15-57-37-19-33(45(52)53)31(17-35(37)55-8)41(49)21-29(43(25-41)27-47)23-59-61(11,12)39(4,5)6/h16-19,26-29,48-49H,13-15,20-25H2,1-12H3/t28-,29-,40-,41-/m0/s1. The number of carbonyl (C=O) groups excluding carboxylic acids is 2. The van der Waals surface area contributed by atoms with E-state index in [4.69, 9.17) is 27.8 Å². The number of nitro groups is 2. The summed E-state index contributed by atoms with van der Waals surface area (Å²) in [5.74, 6) is 0.301. The molecular weight excluding hydrogens is 829 g/mol. The molecule has 20 heteroatoms. The van der Waals surface area contributed by atoms with E-state index in [2.05, 4.69) is 67.7 Å². The first-order chi connectivity index (χ1) is 28.2. The van der Waals surface area contributed by atoms with Crippen molar-refractivity contribution in [3.63, 3.8) is 0 Å². The molecule has 0 bridgehead atoms. The van der Waals surface area contributed by atoms with Gasteiger partial charge in [0, 0.05) is 19.3 Å². The third kappa shape index (κ3) is 10.8. The lowest BCUT2D eigenvalue weighted by molar-refractivity contribution is -0.386. The van der Waals surface area contributed by atoms with Crippen molar-refractivity contribution >= 4 is 40.8 Å². The van der Waals surface area contributed by atoms with Crippen molar-refractivity contribution < 1.29 is 57.4 Å². The first-order valence-electron chi connectivity index (χ1n) is 20.3. The number of nitrogens with zero attached hydrogens (tertiary/aromatic N) is 4. The second-order valence-corrected chi connectivity index (χ2v) is 28.7. The van der Waals surface area contributed by atoms with Crippen LogP contribution in [-0.2, 0) is 29.6 Å². The number of benzene rings is 2. The first kappa shape index (κ1) is 49.3. The molecule has 61 heavy (non-hydrogen) atoms. The monoisotopic (exact) mass is 892 g/mol. The fourth-order valence-electron chi connectivity index (χ4n) is 7.11. The summed E-state index contributed by atoms with van der Waals surface area (Å²) in [6, 6.07) is 4.02. The van der Waals surface area contributed by atoms with E-state index in [1.165, 1.54) is 48.3 Å². The van der Waals surface area contributed by atoms with E-state index in [9.17, 15) is 40.0 Å². The SMILES string of the molecule is COc1cc([C@]2(O)C[C@@H](CO[Si](C)(C)C(C)(C)C)N(C=O)C2)c([N+](=O)[O-])cc1OCCCOc1cc([N+](=O)[O-])c([C@]2(O)C[C@@H](CO[Si](C)(C)C(C)(C)C)N(C=O)C2)cc1OC. The summed E-state index contributed by atoms with van der Waals surface area (Å²) >= 11 is 0. The highest BCUT2D eigenvalue weighted by Crippen LogP contribution is 2.47. The second kappa shape index (κ2) is 18.6. The molecule has 0 saturated carbocycles. The van der Waals surface area contributed by atoms with Crippen LogP contribution in [-0.4, -0.2) is 125 Å². The number of carbonyl (C=O) groups is 2. The molecule has 2 amide bonds. The number of nitro benzene ring substituents is 2. The van der Waals surface area contributed by atoms with E-state index in [1.807, 2.05) is 0 Å². The molecule has 2 aliphatic rings. The molecule has 2 N–H and O–H groups in total. The van der Waals surface area contributed by atoms with Crippen molar-refractivity contribution in [1.29, 1.82) is 0 Å². The Morgan fingerprint density at radius 2 is 1.03 bits per heavy atom. The molecule has 0 radical (unpaired) electrons. The second-order valence-electron chi connectivity index (χ2n) is 19.1. The van der Waals surface area contributed by atoms with Gasteiger partial charge in [0.15, 0.2) is 39.6 Å². The van der Waals surface area contributed by atoms with Crippen molar-refractivity contribution in [2.45, 2.75) is 120 Å². The first-order valence-corrected chi connectivity index (χ1v) is 26.1. The van der Waals surface area contributed by atoms with Gasteiger partial charge in [-0.15, -0.1) is 0 Å². The average Bonchev–Trinajstić information content (AvgIpc) is 3.70. The molecule has 2 aromatic rings. The highest BCUT2D eigenvalue weighted by molar-refractivity contribution is 6.74. The zero-order valence-electron chi connectivity index (χ0n) is 37.6. The molecule has 0 unspecified atom stereocenters. The number of likely N-dealkylation sites (tertiary alicyclic amines) is 2. The minimum absolute atomic E-state index is 0.00782. The topological polar surface area (TPSA) is 223 Å². The normalized spacial score (nSPS) is 22.3. The Kier molecular flexibility index (Phi) is 15.0. The smallest absolute Gasteiger partial charge is 0.279 e. The molecule has 4 atom stereocenters. The highest BCUT2D eigenvalue weighted by Gasteiger charge is 2.50. The molecule has 2 heterocycles. The summed E-state index contributed by atoms with van der Waals surface area (Å²) in [5, 5.41) is 48.3. The molecule has 2 saturated heterocycles. The predicted octanol–water partition coefficient (Wildman–Crippen LogP) is 6.25. The lowest BCUT2D eigenvalue weighted by Gasteiger charge is -2.37. The van der Waals surface area contributed by atoms with Gasteiger partial charge in [0.1, 0.15) is 11.2 Å². The maximum atomic E-state index is 12.4. The van der Waals surface area contributed by atoms with Crippen molar-refractivity contribution in [2.24, 2.45) is 0 Å². The molecule has 2 fully saturated rings. The van der Waals surface area contributed by atoms with Gasteiger partial charge in [-0.05, 0) is 48.4 Å². The molecule has 0 aromatic heterocycles. The van der Waals surface area contributed by atoms with Gasteiger partial charge < -0.3 is 47.8 Å². The van der Waals surface area contributed by atoms with Gasteiger partial charge in [0.2, 0.25) is 12.8 Å². The summed E-state index contributed by atoms with van der Waals surface area (Å²) in [6.45, 7) is 20.8. The van der Waals surface area contributed by atoms with Crippen molar-refractivity contribution in [3.8, 4) is 23.0 Å². The van der Waals surface area contributed by atoms with Gasteiger partial charge in [-0.2, -0.15) is 0 Å². The lowest BCUT2D eigenvalue weighted by Crippen LogP contribution is -2.44. The zero-order chi connectivity index (χ0) is 45.9. The van der Waals surface area contributed by atoms with Crippen molar-refractivity contribution in [3.05, 3.63) is 55.6 Å². The fraction of sp³-hybridized carbons (Fsp3) is 0.659. The molecule has 0 aliphatic carbocycles. The number of hydrogen-bond donors (Lipinski definition) is 2. The Labute approximate surface area is 359 Å². The third-order valence-corrected chi connectivity index (χ3v) is 21.9. The minimum atomic E-state index is -2.20. The number of rotatable bonds is 20. The fourth-order valence-corrected chi connectivity index (χ4v) is 9.19. The maximum Gasteiger partial charge on any atom is 0.279 e. The van der Waals surface area contributed by atoms with E-state index in [0.29, 0.717) is 12.8 Å². The van der Waals surface area contributed by atoms with Crippen LogP contribution < -0.4 is 18.9 Å². The number of amides is 2. The summed E-state index contributed by atoms with van der Waals surface area (Å²) in [7, 11) is -1.69. The average molecular weight is 893 g/mol. The highest BCUT2D eigenvalue weighted by atomic mass is 28.4. The van der Waals surface area contributed by atoms with Crippen molar-refractivity contribution in [1.82, 2.24) is 9.80 Å². The summed E-state index contributed by atoms with van der Waals surface area (Å²) in [6.07, 6.45) is 1.46. The van der Waals surface area contributed by atoms with Crippen LogP contribution in [0.3, 0.4) is 0 Å². The van der Waals surface area contributed by atoms with E-state index >= 15 is 0 Å². The molecule has 0 spiro atoms. The van der Waals surface area contributed by atoms with E-state index < -0.39 is 61.1 Å². The minimum Gasteiger partial charge on any atom is -0.493 e. The molecule has 2 aliphatic heterocycles. The van der Waals surface area contributed by atoms with Crippen LogP contribution in [0, 0.1) is 20.2 Å². The Bertz CT molecular complexity index is 1800. The number of methoxy groups -OCH3 is 2. The third-order valence-electron chi connectivity index (χ3n) is 12.9. The largest absolute Gasteiger partial charge is 0.493 e. The molecule has 2 aromatic carbocycles. The number of ether oxygens (including phenoxy) is 4. The summed E-state index contributed by atoms with van der Waals surface area (Å²) in [5.41, 5.74) is -4.44. The van der Waals surface area contributed by atoms with Crippen LogP contribution in [0.25, 0.3) is 0 Å². The van der Waals surface area contributed by atoms with E-state index in [0.717, 1.165) is 0 Å². The molecular formula is C41H64N4O14Si2. The Morgan fingerprint density at radius 3 is 1.31 bits per heavy atom. The van der Waals surface area contributed by atoms with Gasteiger partial charge >= 0.3 is 0 Å². The van der Waals surface area contributed by atoms with Crippen LogP contribution in [0.2, 0.25) is 36.3 Å². The molecule has 4 rings (SSSR count).